The smallest absolute Gasteiger partial charge is 0.246 e. The summed E-state index contributed by atoms with van der Waals surface area (Å²) in [4.78, 5) is 27.0. The van der Waals surface area contributed by atoms with E-state index in [1.165, 1.54) is 0 Å². The lowest BCUT2D eigenvalue weighted by molar-refractivity contribution is -0.129. The highest BCUT2D eigenvalue weighted by Crippen LogP contribution is 2.39. The molecule has 2 aliphatic rings. The van der Waals surface area contributed by atoms with Crippen LogP contribution in [0.2, 0.25) is 0 Å². The third kappa shape index (κ3) is 3.90. The Kier molecular flexibility index (Phi) is 5.48. The van der Waals surface area contributed by atoms with Gasteiger partial charge >= 0.3 is 0 Å². The average molecular weight is 407 g/mol. The molecule has 1 saturated heterocycles. The molecule has 4 rings (SSSR count). The number of benzene rings is 2. The summed E-state index contributed by atoms with van der Waals surface area (Å²) >= 11 is 0. The van der Waals surface area contributed by atoms with Gasteiger partial charge in [0.05, 0.1) is 26.2 Å². The molecule has 2 heterocycles. The summed E-state index contributed by atoms with van der Waals surface area (Å²) in [5.41, 5.74) is 1.00. The number of hydrogen-bond donors (Lipinski definition) is 0. The van der Waals surface area contributed by atoms with Gasteiger partial charge in [-0.3, -0.25) is 9.59 Å². The van der Waals surface area contributed by atoms with Gasteiger partial charge in [-0.2, -0.15) is 0 Å². The third-order valence-corrected chi connectivity index (χ3v) is 5.81. The normalized spacial score (nSPS) is 17.5. The lowest BCUT2D eigenvalue weighted by Gasteiger charge is -2.43. The molecule has 30 heavy (non-hydrogen) atoms. The lowest BCUT2D eigenvalue weighted by Crippen LogP contribution is -2.52. The fourth-order valence-electron chi connectivity index (χ4n) is 4.09. The van der Waals surface area contributed by atoms with Gasteiger partial charge in [-0.25, -0.2) is 0 Å². The van der Waals surface area contributed by atoms with Crippen LogP contribution in [0.4, 0.5) is 0 Å². The number of piperidine rings is 1. The van der Waals surface area contributed by atoms with Crippen LogP contribution in [0.3, 0.4) is 0 Å². The van der Waals surface area contributed by atoms with E-state index in [2.05, 4.69) is 0 Å². The van der Waals surface area contributed by atoms with Crippen molar-refractivity contribution in [2.45, 2.75) is 24.9 Å². The van der Waals surface area contributed by atoms with Gasteiger partial charge in [0, 0.05) is 32.0 Å². The summed E-state index contributed by atoms with van der Waals surface area (Å²) in [5, 5.41) is 0. The summed E-state index contributed by atoms with van der Waals surface area (Å²) in [6.07, 6.45) is 4.99. The van der Waals surface area contributed by atoms with Gasteiger partial charge in [0.1, 0.15) is 11.4 Å². The number of hydrogen-bond acceptors (Lipinski definition) is 5. The minimum absolute atomic E-state index is 0.0535. The van der Waals surface area contributed by atoms with Crippen LogP contribution in [-0.2, 0) is 4.79 Å². The van der Waals surface area contributed by atoms with Crippen molar-refractivity contribution in [2.75, 3.05) is 27.3 Å². The average Bonchev–Trinajstić information content (AvgIpc) is 2.77. The van der Waals surface area contributed by atoms with Crippen LogP contribution >= 0.6 is 0 Å². The second-order valence-corrected chi connectivity index (χ2v) is 7.65. The quantitative estimate of drug-likeness (QED) is 0.723. The van der Waals surface area contributed by atoms with E-state index in [-0.39, 0.29) is 11.7 Å². The van der Waals surface area contributed by atoms with Gasteiger partial charge in [0.15, 0.2) is 17.3 Å². The molecule has 1 amide bonds. The number of methoxy groups -OCH3 is 2. The molecule has 0 aliphatic carbocycles. The van der Waals surface area contributed by atoms with Crippen LogP contribution in [-0.4, -0.2) is 49.5 Å². The zero-order chi connectivity index (χ0) is 21.1. The molecule has 0 aromatic heterocycles. The monoisotopic (exact) mass is 407 g/mol. The zero-order valence-corrected chi connectivity index (χ0v) is 17.2. The number of rotatable bonds is 4. The molecular formula is C24H25NO5. The van der Waals surface area contributed by atoms with Gasteiger partial charge in [0.25, 0.3) is 0 Å². The first-order valence-electron chi connectivity index (χ1n) is 10.0. The number of carbonyl (C=O) groups excluding carboxylic acids is 2. The number of carbonyl (C=O) groups is 2. The number of fused-ring (bicyclic) bond motifs is 1. The maximum absolute atomic E-state index is 12.7. The topological polar surface area (TPSA) is 65.1 Å². The summed E-state index contributed by atoms with van der Waals surface area (Å²) in [5.74, 6) is 1.98. The van der Waals surface area contributed by atoms with E-state index in [1.54, 1.807) is 31.3 Å². The van der Waals surface area contributed by atoms with Gasteiger partial charge in [-0.15, -0.1) is 0 Å². The van der Waals surface area contributed by atoms with Crippen molar-refractivity contribution in [2.24, 2.45) is 0 Å². The Morgan fingerprint density at radius 2 is 1.80 bits per heavy atom. The first-order valence-corrected chi connectivity index (χ1v) is 10.0. The minimum Gasteiger partial charge on any atom is -0.493 e. The van der Waals surface area contributed by atoms with Crippen molar-refractivity contribution >= 4 is 17.8 Å². The van der Waals surface area contributed by atoms with E-state index >= 15 is 0 Å². The second kappa shape index (κ2) is 8.22. The van der Waals surface area contributed by atoms with E-state index < -0.39 is 5.60 Å². The molecular weight excluding hydrogens is 382 g/mol. The molecule has 0 saturated carbocycles. The van der Waals surface area contributed by atoms with E-state index in [1.807, 2.05) is 42.5 Å². The standard InChI is InChI=1S/C24H25NO5/c1-28-21-9-7-17(15-22(21)29-2)8-10-23(27)25-13-11-24(12-14-25)16-19(26)18-5-3-4-6-20(18)30-24/h3-10,15H,11-14,16H2,1-2H3/b10-8+. The molecule has 6 nitrogen and oxygen atoms in total. The van der Waals surface area contributed by atoms with E-state index in [0.717, 1.165) is 5.56 Å². The molecule has 2 aliphatic heterocycles. The van der Waals surface area contributed by atoms with Crippen LogP contribution < -0.4 is 14.2 Å². The van der Waals surface area contributed by atoms with Crippen molar-refractivity contribution < 1.29 is 23.8 Å². The molecule has 0 radical (unpaired) electrons. The van der Waals surface area contributed by atoms with Crippen LogP contribution in [0.15, 0.2) is 48.5 Å². The Bertz CT molecular complexity index is 989. The number of para-hydroxylation sites is 1. The Balaban J connectivity index is 1.39. The van der Waals surface area contributed by atoms with Gasteiger partial charge < -0.3 is 19.1 Å². The number of ketones is 1. The Morgan fingerprint density at radius 1 is 1.07 bits per heavy atom. The largest absolute Gasteiger partial charge is 0.493 e. The molecule has 0 unspecified atom stereocenters. The number of amides is 1. The predicted molar refractivity (Wildman–Crippen MR) is 113 cm³/mol. The molecule has 1 fully saturated rings. The maximum atomic E-state index is 12.7. The van der Waals surface area contributed by atoms with Crippen molar-refractivity contribution in [3.63, 3.8) is 0 Å². The highest BCUT2D eigenvalue weighted by molar-refractivity contribution is 6.00. The van der Waals surface area contributed by atoms with Gasteiger partial charge in [-0.05, 0) is 35.9 Å². The van der Waals surface area contributed by atoms with E-state index in [9.17, 15) is 9.59 Å². The van der Waals surface area contributed by atoms with Gasteiger partial charge in [-0.1, -0.05) is 18.2 Å². The summed E-state index contributed by atoms with van der Waals surface area (Å²) in [6, 6.07) is 12.9. The Morgan fingerprint density at radius 3 is 2.53 bits per heavy atom. The van der Waals surface area contributed by atoms with Crippen LogP contribution in [0.5, 0.6) is 17.2 Å². The highest BCUT2D eigenvalue weighted by Gasteiger charge is 2.43. The fraction of sp³-hybridized carbons (Fsp3) is 0.333. The van der Waals surface area contributed by atoms with Crippen LogP contribution in [0.1, 0.15) is 35.2 Å². The van der Waals surface area contributed by atoms with Crippen LogP contribution in [0.25, 0.3) is 6.08 Å². The second-order valence-electron chi connectivity index (χ2n) is 7.65. The highest BCUT2D eigenvalue weighted by atomic mass is 16.5. The molecule has 2 aromatic carbocycles. The summed E-state index contributed by atoms with van der Waals surface area (Å²) < 4.78 is 16.8. The number of likely N-dealkylation sites (tertiary alicyclic amines) is 1. The van der Waals surface area contributed by atoms with Crippen molar-refractivity contribution in [1.82, 2.24) is 4.90 Å². The lowest BCUT2D eigenvalue weighted by atomic mass is 9.82. The minimum atomic E-state index is -0.505. The SMILES string of the molecule is COc1ccc(/C=C/C(=O)N2CCC3(CC2)CC(=O)c2ccccc2O3)cc1OC. The van der Waals surface area contributed by atoms with Crippen molar-refractivity contribution in [3.05, 3.63) is 59.7 Å². The number of nitrogens with zero attached hydrogens (tertiary/aromatic N) is 1. The summed E-state index contributed by atoms with van der Waals surface area (Å²) in [6.45, 7) is 1.12. The molecule has 1 spiro atoms. The third-order valence-electron chi connectivity index (χ3n) is 5.81. The molecule has 2 aromatic rings. The van der Waals surface area contributed by atoms with Crippen LogP contribution in [0, 0.1) is 0 Å². The summed E-state index contributed by atoms with van der Waals surface area (Å²) in [7, 11) is 3.17. The maximum Gasteiger partial charge on any atom is 0.246 e. The molecule has 6 heteroatoms. The molecule has 0 atom stereocenters. The fourth-order valence-corrected chi connectivity index (χ4v) is 4.09. The number of ether oxygens (including phenoxy) is 3. The Labute approximate surface area is 176 Å². The molecule has 0 N–H and O–H groups in total. The number of Topliss-reactive ketones (excluding diaryl/α,β-unsaturated/α-hetero) is 1. The van der Waals surface area contributed by atoms with E-state index in [4.69, 9.17) is 14.2 Å². The first kappa shape index (κ1) is 20.0. The predicted octanol–water partition coefficient (Wildman–Crippen LogP) is 3.74. The van der Waals surface area contributed by atoms with Crippen molar-refractivity contribution in [3.8, 4) is 17.2 Å². The van der Waals surface area contributed by atoms with Gasteiger partial charge in [0.2, 0.25) is 5.91 Å². The van der Waals surface area contributed by atoms with E-state index in [0.29, 0.717) is 55.2 Å². The van der Waals surface area contributed by atoms with Crippen molar-refractivity contribution in [1.29, 1.82) is 0 Å². The zero-order valence-electron chi connectivity index (χ0n) is 17.2. The molecule has 156 valence electrons. The Hall–Kier alpha value is -3.28. The molecule has 0 bridgehead atoms. The first-order chi connectivity index (χ1) is 14.5.